The van der Waals surface area contributed by atoms with Gasteiger partial charge in [0, 0.05) is 23.9 Å². The fourth-order valence-corrected chi connectivity index (χ4v) is 3.35. The SMILES string of the molecule is NC1CCC(C2C=CN=C3C=CC(F)=CC32)CC1. The van der Waals surface area contributed by atoms with Gasteiger partial charge in [0.1, 0.15) is 5.83 Å². The minimum Gasteiger partial charge on any atom is -0.328 e. The smallest absolute Gasteiger partial charge is 0.119 e. The van der Waals surface area contributed by atoms with Crippen molar-refractivity contribution in [2.24, 2.45) is 28.5 Å². The van der Waals surface area contributed by atoms with Crippen LogP contribution in [0.25, 0.3) is 0 Å². The number of rotatable bonds is 1. The van der Waals surface area contributed by atoms with E-state index in [1.165, 1.54) is 6.08 Å². The van der Waals surface area contributed by atoms with Gasteiger partial charge < -0.3 is 5.73 Å². The highest BCUT2D eigenvalue weighted by atomic mass is 19.1. The standard InChI is InChI=1S/C15H19FN2/c16-11-3-6-15-14(9-11)13(7-8-18-15)10-1-4-12(17)5-2-10/h3,6-10,12-14H,1-2,4-5,17H2. The minimum atomic E-state index is -0.133. The van der Waals surface area contributed by atoms with E-state index in [-0.39, 0.29) is 11.7 Å². The summed E-state index contributed by atoms with van der Waals surface area (Å²) in [6.45, 7) is 0. The normalized spacial score (nSPS) is 39.0. The Morgan fingerprint density at radius 1 is 1.17 bits per heavy atom. The van der Waals surface area contributed by atoms with Gasteiger partial charge in [-0.3, -0.25) is 4.99 Å². The Morgan fingerprint density at radius 3 is 2.72 bits per heavy atom. The molecule has 1 aliphatic heterocycles. The summed E-state index contributed by atoms with van der Waals surface area (Å²) in [6, 6.07) is 0.362. The number of hydrogen-bond donors (Lipinski definition) is 1. The molecule has 2 aliphatic carbocycles. The largest absolute Gasteiger partial charge is 0.328 e. The minimum absolute atomic E-state index is 0.124. The third-order valence-corrected chi connectivity index (χ3v) is 4.40. The van der Waals surface area contributed by atoms with Gasteiger partial charge in [-0.15, -0.1) is 0 Å². The molecule has 0 saturated heterocycles. The molecule has 2 unspecified atom stereocenters. The molecular formula is C15H19FN2. The van der Waals surface area contributed by atoms with Gasteiger partial charge in [-0.1, -0.05) is 6.08 Å². The first kappa shape index (κ1) is 11.8. The maximum atomic E-state index is 13.4. The predicted molar refractivity (Wildman–Crippen MR) is 71.8 cm³/mol. The second kappa shape index (κ2) is 4.81. The molecule has 0 aromatic rings. The lowest BCUT2D eigenvalue weighted by atomic mass is 9.70. The molecule has 2 nitrogen and oxygen atoms in total. The van der Waals surface area contributed by atoms with Gasteiger partial charge in [0.05, 0.1) is 0 Å². The first-order chi connectivity index (χ1) is 8.74. The lowest BCUT2D eigenvalue weighted by Crippen LogP contribution is -2.34. The van der Waals surface area contributed by atoms with Gasteiger partial charge in [-0.25, -0.2) is 4.39 Å². The second-order valence-electron chi connectivity index (χ2n) is 5.56. The molecule has 0 aromatic carbocycles. The van der Waals surface area contributed by atoms with Crippen molar-refractivity contribution >= 4 is 5.71 Å². The first-order valence-electron chi connectivity index (χ1n) is 6.79. The predicted octanol–water partition coefficient (Wildman–Crippen LogP) is 3.13. The van der Waals surface area contributed by atoms with Crippen molar-refractivity contribution in [3.8, 4) is 0 Å². The van der Waals surface area contributed by atoms with Crippen LogP contribution >= 0.6 is 0 Å². The van der Waals surface area contributed by atoms with E-state index in [4.69, 9.17) is 5.73 Å². The van der Waals surface area contributed by atoms with Crippen molar-refractivity contribution in [2.45, 2.75) is 31.7 Å². The molecule has 0 aromatic heterocycles. The Bertz CT molecular complexity index is 439. The van der Waals surface area contributed by atoms with E-state index in [0.717, 1.165) is 31.4 Å². The van der Waals surface area contributed by atoms with Crippen LogP contribution in [-0.4, -0.2) is 11.8 Å². The van der Waals surface area contributed by atoms with Gasteiger partial charge in [-0.05, 0) is 55.7 Å². The van der Waals surface area contributed by atoms with E-state index in [1.807, 2.05) is 12.3 Å². The summed E-state index contributed by atoms with van der Waals surface area (Å²) in [7, 11) is 0. The van der Waals surface area contributed by atoms with Crippen LogP contribution in [0, 0.1) is 17.8 Å². The van der Waals surface area contributed by atoms with Crippen molar-refractivity contribution in [3.63, 3.8) is 0 Å². The molecule has 1 saturated carbocycles. The van der Waals surface area contributed by atoms with Crippen LogP contribution in [0.3, 0.4) is 0 Å². The molecule has 3 heteroatoms. The Labute approximate surface area is 107 Å². The summed E-state index contributed by atoms with van der Waals surface area (Å²) in [5.41, 5.74) is 6.95. The molecule has 3 rings (SSSR count). The maximum absolute atomic E-state index is 13.4. The summed E-state index contributed by atoms with van der Waals surface area (Å²) < 4.78 is 13.4. The van der Waals surface area contributed by atoms with E-state index in [1.54, 1.807) is 6.08 Å². The lowest BCUT2D eigenvalue weighted by Gasteiger charge is -2.36. The van der Waals surface area contributed by atoms with Crippen molar-refractivity contribution in [1.29, 1.82) is 0 Å². The van der Waals surface area contributed by atoms with Gasteiger partial charge in [-0.2, -0.15) is 0 Å². The topological polar surface area (TPSA) is 38.4 Å². The van der Waals surface area contributed by atoms with Gasteiger partial charge in [0.15, 0.2) is 0 Å². The van der Waals surface area contributed by atoms with Crippen LogP contribution < -0.4 is 5.73 Å². The maximum Gasteiger partial charge on any atom is 0.119 e. The average molecular weight is 246 g/mol. The number of halogens is 1. The summed E-state index contributed by atoms with van der Waals surface area (Å²) in [5.74, 6) is 0.999. The molecule has 18 heavy (non-hydrogen) atoms. The number of nitrogens with two attached hydrogens (primary N) is 1. The summed E-state index contributed by atoms with van der Waals surface area (Å²) in [5, 5.41) is 0. The molecule has 2 N–H and O–H groups in total. The monoisotopic (exact) mass is 246 g/mol. The lowest BCUT2D eigenvalue weighted by molar-refractivity contribution is 0.248. The van der Waals surface area contributed by atoms with E-state index in [2.05, 4.69) is 11.1 Å². The molecule has 0 amide bonds. The number of aliphatic imine (C=N–C) groups is 1. The van der Waals surface area contributed by atoms with Crippen molar-refractivity contribution in [1.82, 2.24) is 0 Å². The Morgan fingerprint density at radius 2 is 1.94 bits per heavy atom. The highest BCUT2D eigenvalue weighted by Gasteiger charge is 2.33. The average Bonchev–Trinajstić information content (AvgIpc) is 2.39. The zero-order valence-electron chi connectivity index (χ0n) is 10.4. The Hall–Kier alpha value is -1.22. The van der Waals surface area contributed by atoms with Crippen molar-refractivity contribution in [2.75, 3.05) is 0 Å². The van der Waals surface area contributed by atoms with Crippen molar-refractivity contribution in [3.05, 3.63) is 36.3 Å². The molecule has 96 valence electrons. The highest BCUT2D eigenvalue weighted by Crippen LogP contribution is 2.39. The van der Waals surface area contributed by atoms with Crippen molar-refractivity contribution < 1.29 is 4.39 Å². The molecular weight excluding hydrogens is 227 g/mol. The first-order valence-corrected chi connectivity index (χ1v) is 6.79. The fraction of sp³-hybridized carbons (Fsp3) is 0.533. The number of hydrogen-bond acceptors (Lipinski definition) is 2. The van der Waals surface area contributed by atoms with Crippen LogP contribution in [0.5, 0.6) is 0 Å². The quantitative estimate of drug-likeness (QED) is 0.758. The summed E-state index contributed by atoms with van der Waals surface area (Å²) in [6.07, 6.45) is 13.6. The van der Waals surface area contributed by atoms with E-state index >= 15 is 0 Å². The van der Waals surface area contributed by atoms with Crippen LogP contribution in [-0.2, 0) is 0 Å². The number of allylic oxidation sites excluding steroid dienone is 5. The van der Waals surface area contributed by atoms with E-state index < -0.39 is 0 Å². The van der Waals surface area contributed by atoms with Crippen LogP contribution in [0.4, 0.5) is 4.39 Å². The zero-order chi connectivity index (χ0) is 12.5. The molecule has 0 bridgehead atoms. The Kier molecular flexibility index (Phi) is 3.16. The summed E-state index contributed by atoms with van der Waals surface area (Å²) in [4.78, 5) is 4.36. The van der Waals surface area contributed by atoms with Gasteiger partial charge in [0.25, 0.3) is 0 Å². The van der Waals surface area contributed by atoms with Crippen LogP contribution in [0.15, 0.2) is 41.3 Å². The Balaban J connectivity index is 1.79. The van der Waals surface area contributed by atoms with Crippen LogP contribution in [0.1, 0.15) is 25.7 Å². The highest BCUT2D eigenvalue weighted by molar-refractivity contribution is 6.00. The molecule has 2 atom stereocenters. The van der Waals surface area contributed by atoms with Crippen LogP contribution in [0.2, 0.25) is 0 Å². The molecule has 1 heterocycles. The fourth-order valence-electron chi connectivity index (χ4n) is 3.35. The third-order valence-electron chi connectivity index (χ3n) is 4.40. The van der Waals surface area contributed by atoms with Gasteiger partial charge >= 0.3 is 0 Å². The van der Waals surface area contributed by atoms with E-state index in [0.29, 0.717) is 17.9 Å². The second-order valence-corrected chi connectivity index (χ2v) is 5.56. The van der Waals surface area contributed by atoms with Gasteiger partial charge in [0.2, 0.25) is 0 Å². The van der Waals surface area contributed by atoms with E-state index in [9.17, 15) is 4.39 Å². The molecule has 1 fully saturated rings. The molecule has 0 spiro atoms. The zero-order valence-corrected chi connectivity index (χ0v) is 10.4. The third kappa shape index (κ3) is 2.19. The number of nitrogens with zero attached hydrogens (tertiary/aromatic N) is 1. The molecule has 3 aliphatic rings. The summed E-state index contributed by atoms with van der Waals surface area (Å²) >= 11 is 0. The molecule has 0 radical (unpaired) electrons. The number of fused-ring (bicyclic) bond motifs is 1.